The van der Waals surface area contributed by atoms with E-state index < -0.39 is 0 Å². The van der Waals surface area contributed by atoms with E-state index in [1.54, 1.807) is 18.2 Å². The van der Waals surface area contributed by atoms with Crippen molar-refractivity contribution in [2.45, 2.75) is 12.8 Å². The Bertz CT molecular complexity index is 809. The predicted molar refractivity (Wildman–Crippen MR) is 90.7 cm³/mol. The van der Waals surface area contributed by atoms with Gasteiger partial charge in [0.05, 0.1) is 23.1 Å². The SMILES string of the molecule is O=C1[C@@H]2[C@@H](C(=O)N1/N=C\c1ccc(Cl)cc1Cl)[C@@H]1C=C[C@@H]2C12CC2. The predicted octanol–water partition coefficient (Wildman–Crippen LogP) is 3.52. The zero-order valence-electron chi connectivity index (χ0n) is 12.7. The fourth-order valence-corrected chi connectivity index (χ4v) is 5.36. The summed E-state index contributed by atoms with van der Waals surface area (Å²) in [4.78, 5) is 25.5. The maximum atomic E-state index is 12.8. The lowest BCUT2D eigenvalue weighted by Crippen LogP contribution is -2.30. The van der Waals surface area contributed by atoms with Crippen LogP contribution in [0.3, 0.4) is 0 Å². The highest BCUT2D eigenvalue weighted by molar-refractivity contribution is 6.36. The number of carbonyl (C=O) groups is 2. The van der Waals surface area contributed by atoms with Crippen LogP contribution in [0.15, 0.2) is 35.5 Å². The van der Waals surface area contributed by atoms with Gasteiger partial charge in [0.25, 0.3) is 11.8 Å². The summed E-state index contributed by atoms with van der Waals surface area (Å²) in [6.07, 6.45) is 8.01. The van der Waals surface area contributed by atoms with E-state index in [9.17, 15) is 9.59 Å². The summed E-state index contributed by atoms with van der Waals surface area (Å²) >= 11 is 12.0. The Morgan fingerprint density at radius 3 is 2.25 bits per heavy atom. The maximum absolute atomic E-state index is 12.8. The van der Waals surface area contributed by atoms with E-state index in [4.69, 9.17) is 23.2 Å². The van der Waals surface area contributed by atoms with Gasteiger partial charge >= 0.3 is 0 Å². The molecule has 1 aromatic rings. The van der Waals surface area contributed by atoms with Gasteiger partial charge in [0.2, 0.25) is 0 Å². The molecule has 1 spiro atoms. The fraction of sp³-hybridized carbons (Fsp3) is 0.389. The lowest BCUT2D eigenvalue weighted by atomic mass is 9.85. The summed E-state index contributed by atoms with van der Waals surface area (Å²) in [6.45, 7) is 0. The lowest BCUT2D eigenvalue weighted by molar-refractivity contribution is -0.141. The molecule has 3 aliphatic carbocycles. The molecule has 6 heteroatoms. The number of imide groups is 1. The van der Waals surface area contributed by atoms with Gasteiger partial charge in [-0.3, -0.25) is 9.59 Å². The van der Waals surface area contributed by atoms with Gasteiger partial charge in [-0.25, -0.2) is 0 Å². The van der Waals surface area contributed by atoms with E-state index in [1.165, 1.54) is 6.21 Å². The Morgan fingerprint density at radius 2 is 1.71 bits per heavy atom. The number of hydrogen-bond acceptors (Lipinski definition) is 3. The lowest BCUT2D eigenvalue weighted by Gasteiger charge is -2.18. The van der Waals surface area contributed by atoms with Crippen molar-refractivity contribution < 1.29 is 9.59 Å². The molecule has 4 nitrogen and oxygen atoms in total. The van der Waals surface area contributed by atoms with Crippen LogP contribution in [0.1, 0.15) is 18.4 Å². The van der Waals surface area contributed by atoms with Gasteiger partial charge in [0, 0.05) is 10.6 Å². The Morgan fingerprint density at radius 1 is 1.08 bits per heavy atom. The van der Waals surface area contributed by atoms with E-state index in [2.05, 4.69) is 17.3 Å². The molecule has 1 aromatic carbocycles. The first kappa shape index (κ1) is 14.7. The zero-order chi connectivity index (χ0) is 16.6. The van der Waals surface area contributed by atoms with Gasteiger partial charge in [-0.15, -0.1) is 0 Å². The van der Waals surface area contributed by atoms with Crippen molar-refractivity contribution in [1.29, 1.82) is 0 Å². The van der Waals surface area contributed by atoms with E-state index in [0.29, 0.717) is 15.6 Å². The van der Waals surface area contributed by atoms with E-state index in [1.807, 2.05) is 0 Å². The highest BCUT2D eigenvalue weighted by atomic mass is 35.5. The number of fused-ring (bicyclic) bond motifs is 3. The first-order valence-electron chi connectivity index (χ1n) is 8.08. The molecule has 4 aliphatic rings. The van der Waals surface area contributed by atoms with Crippen molar-refractivity contribution in [3.63, 3.8) is 0 Å². The van der Waals surface area contributed by atoms with Gasteiger partial charge < -0.3 is 0 Å². The molecule has 0 unspecified atom stereocenters. The summed E-state index contributed by atoms with van der Waals surface area (Å²) in [5.74, 6) is -0.379. The molecule has 5 rings (SSSR count). The second kappa shape index (κ2) is 4.70. The van der Waals surface area contributed by atoms with Crippen LogP contribution in [-0.4, -0.2) is 23.0 Å². The molecule has 24 heavy (non-hydrogen) atoms. The van der Waals surface area contributed by atoms with E-state index in [0.717, 1.165) is 17.9 Å². The van der Waals surface area contributed by atoms with Crippen molar-refractivity contribution in [2.24, 2.45) is 34.2 Å². The highest BCUT2D eigenvalue weighted by Crippen LogP contribution is 2.73. The van der Waals surface area contributed by atoms with Gasteiger partial charge in [-0.05, 0) is 42.2 Å². The average molecular weight is 361 g/mol. The molecule has 0 N–H and O–H groups in total. The molecule has 0 radical (unpaired) electrons. The van der Waals surface area contributed by atoms with Crippen molar-refractivity contribution in [3.8, 4) is 0 Å². The normalized spacial score (nSPS) is 34.8. The number of halogens is 2. The van der Waals surface area contributed by atoms with E-state index in [-0.39, 0.29) is 40.9 Å². The molecule has 1 heterocycles. The summed E-state index contributed by atoms with van der Waals surface area (Å²) < 4.78 is 0. The molecule has 1 aliphatic heterocycles. The molecular formula is C18H14Cl2N2O2. The molecule has 2 bridgehead atoms. The number of nitrogens with zero attached hydrogens (tertiary/aromatic N) is 2. The number of carbonyl (C=O) groups excluding carboxylic acids is 2. The number of hydrogen-bond donors (Lipinski definition) is 0. The first-order chi connectivity index (χ1) is 11.5. The molecule has 122 valence electrons. The van der Waals surface area contributed by atoms with Crippen LogP contribution in [0.2, 0.25) is 10.0 Å². The summed E-state index contributed by atoms with van der Waals surface area (Å²) in [5, 5.41) is 6.15. The molecule has 4 atom stereocenters. The van der Waals surface area contributed by atoms with Crippen LogP contribution in [0.4, 0.5) is 0 Å². The van der Waals surface area contributed by atoms with Crippen LogP contribution in [-0.2, 0) is 9.59 Å². The highest BCUT2D eigenvalue weighted by Gasteiger charge is 2.73. The third kappa shape index (κ3) is 1.73. The van der Waals surface area contributed by atoms with Crippen LogP contribution >= 0.6 is 23.2 Å². The Kier molecular flexibility index (Phi) is 2.88. The van der Waals surface area contributed by atoms with Crippen LogP contribution in [0.5, 0.6) is 0 Å². The van der Waals surface area contributed by atoms with Gasteiger partial charge in [-0.2, -0.15) is 10.1 Å². The Balaban J connectivity index is 1.44. The molecule has 3 fully saturated rings. The standard InChI is InChI=1S/C18H14Cl2N2O2/c19-10-2-1-9(13(20)7-10)8-21-22-16(23)14-11-3-4-12(15(14)17(22)24)18(11)5-6-18/h1-4,7-8,11-12,14-15H,5-6H2/b21-8-/t11-,12-,14-,15-/m0/s1. The smallest absolute Gasteiger partial charge is 0.254 e. The van der Waals surface area contributed by atoms with Crippen molar-refractivity contribution in [3.05, 3.63) is 46.0 Å². The fourth-order valence-electron chi connectivity index (χ4n) is 4.90. The Labute approximate surface area is 149 Å². The zero-order valence-corrected chi connectivity index (χ0v) is 14.2. The third-order valence-corrected chi connectivity index (χ3v) is 6.67. The van der Waals surface area contributed by atoms with E-state index >= 15 is 0 Å². The van der Waals surface area contributed by atoms with Gasteiger partial charge in [-0.1, -0.05) is 41.4 Å². The third-order valence-electron chi connectivity index (χ3n) is 6.10. The second-order valence-corrected chi connectivity index (χ2v) is 7.96. The summed E-state index contributed by atoms with van der Waals surface area (Å²) in [5.41, 5.74) is 0.828. The van der Waals surface area contributed by atoms with Crippen LogP contribution in [0, 0.1) is 29.1 Å². The number of benzene rings is 1. The molecular weight excluding hydrogens is 347 g/mol. The minimum Gasteiger partial charge on any atom is -0.272 e. The van der Waals surface area contributed by atoms with Crippen LogP contribution < -0.4 is 0 Å². The van der Waals surface area contributed by atoms with Gasteiger partial charge in [0.1, 0.15) is 0 Å². The quantitative estimate of drug-likeness (QED) is 0.460. The van der Waals surface area contributed by atoms with Crippen molar-refractivity contribution in [2.75, 3.05) is 0 Å². The monoisotopic (exact) mass is 360 g/mol. The minimum atomic E-state index is -0.229. The first-order valence-corrected chi connectivity index (χ1v) is 8.84. The topological polar surface area (TPSA) is 49.7 Å². The summed E-state index contributed by atoms with van der Waals surface area (Å²) in [7, 11) is 0. The molecule has 0 aromatic heterocycles. The number of amides is 2. The molecule has 2 amide bonds. The minimum absolute atomic E-state index is 0.172. The average Bonchev–Trinajstić information content (AvgIpc) is 3.15. The molecule has 2 saturated carbocycles. The van der Waals surface area contributed by atoms with Crippen molar-refractivity contribution in [1.82, 2.24) is 5.01 Å². The number of rotatable bonds is 2. The largest absolute Gasteiger partial charge is 0.272 e. The Hall–Kier alpha value is -1.65. The van der Waals surface area contributed by atoms with Crippen LogP contribution in [0.25, 0.3) is 0 Å². The summed E-state index contributed by atoms with van der Waals surface area (Å²) in [6, 6.07) is 5.01. The number of hydrazone groups is 1. The van der Waals surface area contributed by atoms with Crippen molar-refractivity contribution >= 4 is 41.2 Å². The van der Waals surface area contributed by atoms with Gasteiger partial charge in [0.15, 0.2) is 0 Å². The second-order valence-electron chi connectivity index (χ2n) is 7.12. The molecule has 1 saturated heterocycles. The maximum Gasteiger partial charge on any atom is 0.254 e. The number of allylic oxidation sites excluding steroid dienone is 2.